The van der Waals surface area contributed by atoms with Crippen molar-refractivity contribution in [2.24, 2.45) is 0 Å². The maximum Gasteiger partial charge on any atom is 0.253 e. The molecule has 0 aliphatic carbocycles. The highest BCUT2D eigenvalue weighted by Gasteiger charge is 2.21. The number of anilines is 1. The van der Waals surface area contributed by atoms with Crippen LogP contribution in [0.3, 0.4) is 0 Å². The number of phenols is 1. The van der Waals surface area contributed by atoms with Gasteiger partial charge in [-0.15, -0.1) is 0 Å². The number of aromatic hydroxyl groups is 1. The van der Waals surface area contributed by atoms with E-state index in [1.54, 1.807) is 12.3 Å². The summed E-state index contributed by atoms with van der Waals surface area (Å²) in [7, 11) is 0. The van der Waals surface area contributed by atoms with Gasteiger partial charge in [0.1, 0.15) is 0 Å². The van der Waals surface area contributed by atoms with Gasteiger partial charge in [0.05, 0.1) is 23.0 Å². The van der Waals surface area contributed by atoms with Crippen molar-refractivity contribution in [3.63, 3.8) is 0 Å². The number of benzene rings is 1. The Balaban J connectivity index is 1.41. The number of pyridine rings is 2. The van der Waals surface area contributed by atoms with E-state index in [1.807, 2.05) is 18.3 Å². The Morgan fingerprint density at radius 1 is 1.22 bits per heavy atom. The highest BCUT2D eigenvalue weighted by Crippen LogP contribution is 2.23. The first kappa shape index (κ1) is 17.2. The molecule has 1 fully saturated rings. The minimum Gasteiger partial charge on any atom is -0.505 e. The third-order valence-electron chi connectivity index (χ3n) is 4.85. The number of rotatable bonds is 3. The van der Waals surface area contributed by atoms with Crippen molar-refractivity contribution in [1.82, 2.24) is 15.3 Å². The zero-order valence-corrected chi connectivity index (χ0v) is 14.6. The Bertz CT molecular complexity index is 972. The third-order valence-corrected chi connectivity index (χ3v) is 4.85. The Labute approximate surface area is 155 Å². The van der Waals surface area contributed by atoms with Crippen molar-refractivity contribution in [2.45, 2.75) is 18.9 Å². The van der Waals surface area contributed by atoms with Gasteiger partial charge in [0.2, 0.25) is 0 Å². The lowest BCUT2D eigenvalue weighted by atomic mass is 10.0. The molecule has 4 rings (SSSR count). The van der Waals surface area contributed by atoms with Gasteiger partial charge in [0.25, 0.3) is 5.91 Å². The maximum absolute atomic E-state index is 13.5. The molecule has 0 saturated carbocycles. The Hall–Kier alpha value is -3.22. The SMILES string of the molecule is O=C(NC1CCN(c2cccnc2)CC1)c1cnc2cc(O)c(F)cc2c1. The van der Waals surface area contributed by atoms with Crippen LogP contribution in [0.5, 0.6) is 5.75 Å². The van der Waals surface area contributed by atoms with Gasteiger partial charge in [-0.1, -0.05) is 0 Å². The largest absolute Gasteiger partial charge is 0.505 e. The first-order valence-corrected chi connectivity index (χ1v) is 8.84. The number of piperidine rings is 1. The highest BCUT2D eigenvalue weighted by molar-refractivity contribution is 5.97. The first-order valence-electron chi connectivity index (χ1n) is 8.84. The molecule has 138 valence electrons. The van der Waals surface area contributed by atoms with Crippen LogP contribution in [0, 0.1) is 5.82 Å². The summed E-state index contributed by atoms with van der Waals surface area (Å²) < 4.78 is 13.5. The minimum absolute atomic E-state index is 0.0812. The van der Waals surface area contributed by atoms with E-state index in [2.05, 4.69) is 20.2 Å². The van der Waals surface area contributed by atoms with Gasteiger partial charge in [-0.3, -0.25) is 14.8 Å². The summed E-state index contributed by atoms with van der Waals surface area (Å²) in [5.74, 6) is -1.41. The molecule has 0 atom stereocenters. The molecule has 0 radical (unpaired) electrons. The van der Waals surface area contributed by atoms with Crippen LogP contribution >= 0.6 is 0 Å². The zero-order valence-electron chi connectivity index (χ0n) is 14.6. The number of nitrogens with zero attached hydrogens (tertiary/aromatic N) is 3. The molecule has 1 amide bonds. The lowest BCUT2D eigenvalue weighted by molar-refractivity contribution is 0.0931. The second-order valence-electron chi connectivity index (χ2n) is 6.67. The molecule has 2 aromatic heterocycles. The maximum atomic E-state index is 13.5. The van der Waals surface area contributed by atoms with Crippen molar-refractivity contribution in [3.8, 4) is 5.75 Å². The van der Waals surface area contributed by atoms with Gasteiger partial charge in [0, 0.05) is 43.0 Å². The number of halogens is 1. The topological polar surface area (TPSA) is 78.4 Å². The third kappa shape index (κ3) is 3.67. The standard InChI is InChI=1S/C20H19FN4O2/c21-17-9-13-8-14(11-23-18(13)10-19(17)26)20(27)24-15-3-6-25(7-4-15)16-2-1-5-22-12-16/h1-2,5,8-12,15,26H,3-4,6-7H2,(H,24,27). The molecule has 0 bridgehead atoms. The van der Waals surface area contributed by atoms with E-state index in [1.165, 1.54) is 18.3 Å². The molecule has 1 aromatic carbocycles. The van der Waals surface area contributed by atoms with Crippen LogP contribution in [0.2, 0.25) is 0 Å². The fourth-order valence-corrected chi connectivity index (χ4v) is 3.35. The minimum atomic E-state index is -0.732. The number of carbonyl (C=O) groups excluding carboxylic acids is 1. The van der Waals surface area contributed by atoms with E-state index in [4.69, 9.17) is 0 Å². The highest BCUT2D eigenvalue weighted by atomic mass is 19.1. The van der Waals surface area contributed by atoms with E-state index in [-0.39, 0.29) is 11.9 Å². The van der Waals surface area contributed by atoms with Crippen LogP contribution in [0.25, 0.3) is 10.9 Å². The van der Waals surface area contributed by atoms with Crippen LogP contribution < -0.4 is 10.2 Å². The van der Waals surface area contributed by atoms with Crippen LogP contribution in [0.4, 0.5) is 10.1 Å². The lowest BCUT2D eigenvalue weighted by Gasteiger charge is -2.33. The Kier molecular flexibility index (Phi) is 4.58. The molecule has 3 aromatic rings. The number of aromatic nitrogens is 2. The lowest BCUT2D eigenvalue weighted by Crippen LogP contribution is -2.44. The van der Waals surface area contributed by atoms with Gasteiger partial charge in [-0.05, 0) is 37.1 Å². The average Bonchev–Trinajstić information content (AvgIpc) is 2.70. The van der Waals surface area contributed by atoms with Crippen LogP contribution in [0.15, 0.2) is 48.9 Å². The number of phenolic OH excluding ortho intramolecular Hbond substituents is 1. The number of amides is 1. The number of hydrogen-bond donors (Lipinski definition) is 2. The van der Waals surface area contributed by atoms with Gasteiger partial charge >= 0.3 is 0 Å². The van der Waals surface area contributed by atoms with Gasteiger partial charge < -0.3 is 15.3 Å². The van der Waals surface area contributed by atoms with E-state index in [9.17, 15) is 14.3 Å². The van der Waals surface area contributed by atoms with Crippen molar-refractivity contribution in [3.05, 3.63) is 60.3 Å². The van der Waals surface area contributed by atoms with Crippen molar-refractivity contribution in [2.75, 3.05) is 18.0 Å². The molecule has 6 nitrogen and oxygen atoms in total. The summed E-state index contributed by atoms with van der Waals surface area (Å²) in [6.07, 6.45) is 6.71. The average molecular weight is 366 g/mol. The summed E-state index contributed by atoms with van der Waals surface area (Å²) in [5, 5.41) is 12.9. The van der Waals surface area contributed by atoms with E-state index < -0.39 is 11.6 Å². The molecule has 27 heavy (non-hydrogen) atoms. The second-order valence-corrected chi connectivity index (χ2v) is 6.67. The van der Waals surface area contributed by atoms with Crippen molar-refractivity contribution >= 4 is 22.5 Å². The number of fused-ring (bicyclic) bond motifs is 1. The molecule has 0 unspecified atom stereocenters. The number of carbonyl (C=O) groups is 1. The fourth-order valence-electron chi connectivity index (χ4n) is 3.35. The zero-order chi connectivity index (χ0) is 18.8. The van der Waals surface area contributed by atoms with E-state index >= 15 is 0 Å². The predicted octanol–water partition coefficient (Wildman–Crippen LogP) is 2.87. The summed E-state index contributed by atoms with van der Waals surface area (Å²) >= 11 is 0. The quantitative estimate of drug-likeness (QED) is 0.745. The monoisotopic (exact) mass is 366 g/mol. The van der Waals surface area contributed by atoms with Gasteiger partial charge in [-0.2, -0.15) is 0 Å². The summed E-state index contributed by atoms with van der Waals surface area (Å²) in [5.41, 5.74) is 1.91. The summed E-state index contributed by atoms with van der Waals surface area (Å²) in [6.45, 7) is 1.69. The molecule has 0 spiro atoms. The Morgan fingerprint density at radius 2 is 2.04 bits per heavy atom. The Morgan fingerprint density at radius 3 is 2.78 bits per heavy atom. The smallest absolute Gasteiger partial charge is 0.253 e. The summed E-state index contributed by atoms with van der Waals surface area (Å²) in [4.78, 5) is 23.1. The molecule has 1 saturated heterocycles. The van der Waals surface area contributed by atoms with E-state index in [0.717, 1.165) is 31.6 Å². The van der Waals surface area contributed by atoms with Crippen LogP contribution in [-0.4, -0.2) is 40.1 Å². The van der Waals surface area contributed by atoms with Crippen molar-refractivity contribution < 1.29 is 14.3 Å². The van der Waals surface area contributed by atoms with E-state index in [0.29, 0.717) is 16.5 Å². The molecule has 2 N–H and O–H groups in total. The molecule has 1 aliphatic heterocycles. The van der Waals surface area contributed by atoms with Gasteiger partial charge in [0.15, 0.2) is 11.6 Å². The predicted molar refractivity (Wildman–Crippen MR) is 100 cm³/mol. The van der Waals surface area contributed by atoms with Crippen LogP contribution in [0.1, 0.15) is 23.2 Å². The van der Waals surface area contributed by atoms with Crippen molar-refractivity contribution in [1.29, 1.82) is 0 Å². The molecule has 7 heteroatoms. The second kappa shape index (κ2) is 7.19. The van der Waals surface area contributed by atoms with Gasteiger partial charge in [-0.25, -0.2) is 4.39 Å². The molecular weight excluding hydrogens is 347 g/mol. The molecular formula is C20H19FN4O2. The van der Waals surface area contributed by atoms with Crippen LogP contribution in [-0.2, 0) is 0 Å². The fraction of sp³-hybridized carbons (Fsp3) is 0.250. The first-order chi connectivity index (χ1) is 13.1. The normalized spacial score (nSPS) is 15.1. The number of hydrogen-bond acceptors (Lipinski definition) is 5. The summed E-state index contributed by atoms with van der Waals surface area (Å²) in [6, 6.07) is 8.05. The molecule has 3 heterocycles. The number of nitrogens with one attached hydrogen (secondary N) is 1. The molecule has 1 aliphatic rings.